The van der Waals surface area contributed by atoms with Gasteiger partial charge in [-0.1, -0.05) is 12.1 Å². The summed E-state index contributed by atoms with van der Waals surface area (Å²) < 4.78 is 17.8. The van der Waals surface area contributed by atoms with Crippen molar-refractivity contribution in [2.24, 2.45) is 0 Å². The maximum atomic E-state index is 12.1. The molecule has 0 amide bonds. The molecule has 0 N–H and O–H groups in total. The van der Waals surface area contributed by atoms with Crippen LogP contribution in [0.15, 0.2) is 39.6 Å². The second-order valence-corrected chi connectivity index (χ2v) is 5.77. The van der Waals surface area contributed by atoms with Gasteiger partial charge < -0.3 is 14.2 Å². The van der Waals surface area contributed by atoms with E-state index in [1.54, 1.807) is 7.11 Å². The molecule has 1 fully saturated rings. The van der Waals surface area contributed by atoms with Crippen molar-refractivity contribution in [3.8, 4) is 11.6 Å². The van der Waals surface area contributed by atoms with Crippen molar-refractivity contribution in [1.29, 1.82) is 0 Å². The minimum Gasteiger partial charge on any atom is -0.497 e. The molecule has 0 saturated carbocycles. The lowest BCUT2D eigenvalue weighted by molar-refractivity contribution is -0.0822. The molecular formula is C15H15BrN2O4. The summed E-state index contributed by atoms with van der Waals surface area (Å²) in [6.45, 7) is 1.46. The highest BCUT2D eigenvalue weighted by molar-refractivity contribution is 9.10. The van der Waals surface area contributed by atoms with E-state index in [0.29, 0.717) is 30.1 Å². The number of aromatic nitrogens is 2. The molecule has 7 heteroatoms. The molecule has 0 radical (unpaired) electrons. The molecule has 1 aromatic carbocycles. The minimum atomic E-state index is -0.195. The van der Waals surface area contributed by atoms with Gasteiger partial charge in [-0.25, -0.2) is 4.68 Å². The highest BCUT2D eigenvalue weighted by Gasteiger charge is 2.22. The van der Waals surface area contributed by atoms with Crippen LogP contribution in [0.25, 0.3) is 0 Å². The molecule has 1 saturated heterocycles. The fourth-order valence-electron chi connectivity index (χ4n) is 1.99. The van der Waals surface area contributed by atoms with E-state index < -0.39 is 0 Å². The molecule has 22 heavy (non-hydrogen) atoms. The lowest BCUT2D eigenvalue weighted by Crippen LogP contribution is -2.39. The van der Waals surface area contributed by atoms with Gasteiger partial charge in [-0.2, -0.15) is 0 Å². The molecule has 0 atom stereocenters. The van der Waals surface area contributed by atoms with E-state index in [0.717, 1.165) is 11.3 Å². The fourth-order valence-corrected chi connectivity index (χ4v) is 2.36. The van der Waals surface area contributed by atoms with Crippen LogP contribution in [0.2, 0.25) is 0 Å². The standard InChI is InChI=1S/C15H15BrN2O4/c1-20-11-4-2-10(3-5-11)7-18-14(19)6-13(16)15(17-18)22-12-8-21-9-12/h2-6,12H,7-9H2,1H3. The Morgan fingerprint density at radius 3 is 2.68 bits per heavy atom. The van der Waals surface area contributed by atoms with E-state index in [-0.39, 0.29) is 11.7 Å². The van der Waals surface area contributed by atoms with E-state index in [9.17, 15) is 4.79 Å². The third-order valence-electron chi connectivity index (χ3n) is 3.30. The monoisotopic (exact) mass is 366 g/mol. The van der Waals surface area contributed by atoms with Gasteiger partial charge >= 0.3 is 0 Å². The third-order valence-corrected chi connectivity index (χ3v) is 3.87. The molecule has 2 aromatic rings. The predicted molar refractivity (Wildman–Crippen MR) is 83.5 cm³/mol. The molecule has 2 heterocycles. The van der Waals surface area contributed by atoms with E-state index in [1.807, 2.05) is 24.3 Å². The minimum absolute atomic E-state index is 0.00395. The lowest BCUT2D eigenvalue weighted by Gasteiger charge is -2.26. The average Bonchev–Trinajstić information content (AvgIpc) is 2.47. The van der Waals surface area contributed by atoms with Gasteiger partial charge in [-0.15, -0.1) is 5.10 Å². The van der Waals surface area contributed by atoms with Crippen LogP contribution in [0.5, 0.6) is 11.6 Å². The molecule has 1 aliphatic rings. The molecule has 1 aliphatic heterocycles. The van der Waals surface area contributed by atoms with E-state index in [1.165, 1.54) is 10.7 Å². The van der Waals surface area contributed by atoms with Gasteiger partial charge in [-0.05, 0) is 33.6 Å². The number of hydrogen-bond acceptors (Lipinski definition) is 5. The van der Waals surface area contributed by atoms with E-state index in [2.05, 4.69) is 21.0 Å². The zero-order chi connectivity index (χ0) is 15.5. The van der Waals surface area contributed by atoms with Crippen molar-refractivity contribution in [2.45, 2.75) is 12.6 Å². The molecule has 1 aromatic heterocycles. The number of benzene rings is 1. The maximum Gasteiger partial charge on any atom is 0.268 e. The van der Waals surface area contributed by atoms with E-state index in [4.69, 9.17) is 14.2 Å². The Kier molecular flexibility index (Phi) is 4.44. The van der Waals surface area contributed by atoms with Gasteiger partial charge in [0, 0.05) is 6.07 Å². The average molecular weight is 367 g/mol. The molecule has 3 rings (SSSR count). The van der Waals surface area contributed by atoms with Crippen LogP contribution in [-0.2, 0) is 11.3 Å². The predicted octanol–water partition coefficient (Wildman–Crippen LogP) is 1.84. The first kappa shape index (κ1) is 15.1. The van der Waals surface area contributed by atoms with Crippen LogP contribution in [-0.4, -0.2) is 36.2 Å². The van der Waals surface area contributed by atoms with Crippen LogP contribution in [0.1, 0.15) is 5.56 Å². The zero-order valence-corrected chi connectivity index (χ0v) is 13.6. The van der Waals surface area contributed by atoms with Gasteiger partial charge in [-0.3, -0.25) is 4.79 Å². The topological polar surface area (TPSA) is 62.6 Å². The number of methoxy groups -OCH3 is 1. The summed E-state index contributed by atoms with van der Waals surface area (Å²) in [4.78, 5) is 12.1. The summed E-state index contributed by atoms with van der Waals surface area (Å²) >= 11 is 3.31. The summed E-state index contributed by atoms with van der Waals surface area (Å²) in [6.07, 6.45) is -0.00395. The number of rotatable bonds is 5. The van der Waals surface area contributed by atoms with Gasteiger partial charge in [0.1, 0.15) is 11.9 Å². The highest BCUT2D eigenvalue weighted by atomic mass is 79.9. The van der Waals surface area contributed by atoms with Gasteiger partial charge in [0.05, 0.1) is 31.3 Å². The third kappa shape index (κ3) is 3.31. The number of halogens is 1. The Balaban J connectivity index is 1.82. The molecule has 0 spiro atoms. The van der Waals surface area contributed by atoms with Crippen LogP contribution in [0.4, 0.5) is 0 Å². The van der Waals surface area contributed by atoms with Crippen LogP contribution in [0.3, 0.4) is 0 Å². The summed E-state index contributed by atoms with van der Waals surface area (Å²) in [5, 5.41) is 4.28. The van der Waals surface area contributed by atoms with Crippen molar-refractivity contribution in [3.05, 3.63) is 50.7 Å². The fraction of sp³-hybridized carbons (Fsp3) is 0.333. The van der Waals surface area contributed by atoms with Gasteiger partial charge in [0.15, 0.2) is 0 Å². The Hall–Kier alpha value is -1.86. The van der Waals surface area contributed by atoms with Crippen molar-refractivity contribution >= 4 is 15.9 Å². The molecule has 0 aliphatic carbocycles. The highest BCUT2D eigenvalue weighted by Crippen LogP contribution is 2.22. The Labute approximate surface area is 135 Å². The van der Waals surface area contributed by atoms with Crippen molar-refractivity contribution < 1.29 is 14.2 Å². The zero-order valence-electron chi connectivity index (χ0n) is 12.0. The smallest absolute Gasteiger partial charge is 0.268 e. The van der Waals surface area contributed by atoms with Crippen molar-refractivity contribution in [1.82, 2.24) is 9.78 Å². The largest absolute Gasteiger partial charge is 0.497 e. The maximum absolute atomic E-state index is 12.1. The summed E-state index contributed by atoms with van der Waals surface area (Å²) in [5.41, 5.74) is 0.760. The van der Waals surface area contributed by atoms with Crippen molar-refractivity contribution in [2.75, 3.05) is 20.3 Å². The van der Waals surface area contributed by atoms with Crippen LogP contribution >= 0.6 is 15.9 Å². The number of hydrogen-bond donors (Lipinski definition) is 0. The summed E-state index contributed by atoms with van der Waals surface area (Å²) in [5.74, 6) is 1.18. The SMILES string of the molecule is COc1ccc(Cn2nc(OC3COC3)c(Br)cc2=O)cc1. The Morgan fingerprint density at radius 1 is 1.36 bits per heavy atom. The normalized spacial score (nSPS) is 14.5. The van der Waals surface area contributed by atoms with Crippen LogP contribution < -0.4 is 15.0 Å². The van der Waals surface area contributed by atoms with Gasteiger partial charge in [0.25, 0.3) is 5.56 Å². The second-order valence-electron chi connectivity index (χ2n) is 4.92. The summed E-state index contributed by atoms with van der Waals surface area (Å²) in [7, 11) is 1.61. The van der Waals surface area contributed by atoms with E-state index >= 15 is 0 Å². The first-order valence-electron chi connectivity index (χ1n) is 6.80. The quantitative estimate of drug-likeness (QED) is 0.807. The number of nitrogens with zero attached hydrogens (tertiary/aromatic N) is 2. The Bertz CT molecular complexity index is 710. The molecule has 116 valence electrons. The van der Waals surface area contributed by atoms with Crippen molar-refractivity contribution in [3.63, 3.8) is 0 Å². The van der Waals surface area contributed by atoms with Gasteiger partial charge in [0.2, 0.25) is 5.88 Å². The molecular weight excluding hydrogens is 352 g/mol. The molecule has 0 unspecified atom stereocenters. The molecule has 0 bridgehead atoms. The van der Waals surface area contributed by atoms with Crippen LogP contribution in [0, 0.1) is 0 Å². The molecule has 6 nitrogen and oxygen atoms in total. The number of ether oxygens (including phenoxy) is 3. The second kappa shape index (κ2) is 6.50. The first-order chi connectivity index (χ1) is 10.7. The summed E-state index contributed by atoms with van der Waals surface area (Å²) in [6, 6.07) is 8.96. The Morgan fingerprint density at radius 2 is 2.09 bits per heavy atom. The lowest BCUT2D eigenvalue weighted by atomic mass is 10.2. The first-order valence-corrected chi connectivity index (χ1v) is 7.60.